The second kappa shape index (κ2) is 16.4. The van der Waals surface area contributed by atoms with E-state index in [0.29, 0.717) is 17.5 Å². The third-order valence-corrected chi connectivity index (χ3v) is 6.96. The average Bonchev–Trinajstić information content (AvgIpc) is 2.85. The lowest BCUT2D eigenvalue weighted by molar-refractivity contribution is -0.920. The van der Waals surface area contributed by atoms with Gasteiger partial charge in [-0.05, 0) is 43.9 Å². The molecule has 36 heavy (non-hydrogen) atoms. The smallest absolute Gasteiger partial charge is 0.364 e. The van der Waals surface area contributed by atoms with Crippen LogP contribution in [-0.4, -0.2) is 43.3 Å². The van der Waals surface area contributed by atoms with Gasteiger partial charge in [0.25, 0.3) is 0 Å². The number of aryl methyl sites for hydroxylation is 1. The highest BCUT2D eigenvalue weighted by Gasteiger charge is 2.35. The van der Waals surface area contributed by atoms with Crippen LogP contribution in [0.25, 0.3) is 0 Å². The second-order valence-electron chi connectivity index (χ2n) is 10.8. The van der Waals surface area contributed by atoms with Crippen molar-refractivity contribution in [3.8, 4) is 5.75 Å². The Labute approximate surface area is 220 Å². The summed E-state index contributed by atoms with van der Waals surface area (Å²) >= 11 is 0. The molecular weight excluding hydrogens is 446 g/mol. The van der Waals surface area contributed by atoms with Gasteiger partial charge in [-0.15, -0.1) is 0 Å². The second-order valence-corrected chi connectivity index (χ2v) is 10.8. The van der Waals surface area contributed by atoms with E-state index in [1.54, 1.807) is 0 Å². The van der Waals surface area contributed by atoms with Gasteiger partial charge in [0.05, 0.1) is 26.8 Å². The Kier molecular flexibility index (Phi) is 13.6. The first-order valence-electron chi connectivity index (χ1n) is 14.1. The summed E-state index contributed by atoms with van der Waals surface area (Å²) < 4.78 is 12.4. The number of benzene rings is 2. The van der Waals surface area contributed by atoms with E-state index in [2.05, 4.69) is 64.3 Å². The predicted octanol–water partition coefficient (Wildman–Crippen LogP) is 7.74. The standard InChI is InChI=1S/C32H50NO3/c1-6-8-9-10-11-13-17-28-20-22-30(23-21-28)36-27(3)24-25-35-32(34)31(16-7-2)33(4,5)26-29-18-14-12-15-19-29/h12,14-15,18-23,27,31H,6-11,13,16-17,24-26H2,1-5H3/q+1. The Morgan fingerprint density at radius 1 is 0.806 bits per heavy atom. The van der Waals surface area contributed by atoms with Crippen molar-refractivity contribution in [3.63, 3.8) is 0 Å². The molecule has 0 aromatic heterocycles. The lowest BCUT2D eigenvalue weighted by atomic mass is 10.0. The van der Waals surface area contributed by atoms with Crippen LogP contribution in [0.3, 0.4) is 0 Å². The van der Waals surface area contributed by atoms with Crippen LogP contribution in [0, 0.1) is 0 Å². The van der Waals surface area contributed by atoms with Crippen molar-refractivity contribution in [2.75, 3.05) is 20.7 Å². The van der Waals surface area contributed by atoms with Gasteiger partial charge < -0.3 is 14.0 Å². The van der Waals surface area contributed by atoms with E-state index in [9.17, 15) is 4.79 Å². The number of unbranched alkanes of at least 4 members (excludes halogenated alkanes) is 5. The number of hydrogen-bond acceptors (Lipinski definition) is 3. The van der Waals surface area contributed by atoms with E-state index < -0.39 is 0 Å². The van der Waals surface area contributed by atoms with Crippen LogP contribution in [-0.2, 0) is 22.5 Å². The quantitative estimate of drug-likeness (QED) is 0.120. The summed E-state index contributed by atoms with van der Waals surface area (Å²) in [5.74, 6) is 0.772. The van der Waals surface area contributed by atoms with Crippen LogP contribution in [0.5, 0.6) is 5.75 Å². The highest BCUT2D eigenvalue weighted by molar-refractivity contribution is 5.74. The maximum absolute atomic E-state index is 13.0. The van der Waals surface area contributed by atoms with Gasteiger partial charge in [0.2, 0.25) is 0 Å². The molecular formula is C32H50NO3+. The molecule has 0 amide bonds. The first kappa shape index (κ1) is 29.9. The summed E-state index contributed by atoms with van der Waals surface area (Å²) in [4.78, 5) is 13.0. The zero-order chi connectivity index (χ0) is 26.2. The van der Waals surface area contributed by atoms with Crippen molar-refractivity contribution in [2.45, 2.75) is 104 Å². The highest BCUT2D eigenvalue weighted by Crippen LogP contribution is 2.20. The predicted molar refractivity (Wildman–Crippen MR) is 150 cm³/mol. The van der Waals surface area contributed by atoms with E-state index in [1.807, 2.05) is 25.1 Å². The number of hydrogen-bond donors (Lipinski definition) is 0. The summed E-state index contributed by atoms with van der Waals surface area (Å²) in [6, 6.07) is 18.7. The molecule has 0 N–H and O–H groups in total. The molecule has 4 nitrogen and oxygen atoms in total. The average molecular weight is 497 g/mol. The van der Waals surface area contributed by atoms with Crippen molar-refractivity contribution < 1.29 is 18.8 Å². The topological polar surface area (TPSA) is 35.5 Å². The van der Waals surface area contributed by atoms with Gasteiger partial charge in [-0.25, -0.2) is 4.79 Å². The van der Waals surface area contributed by atoms with Crippen molar-refractivity contribution in [1.29, 1.82) is 0 Å². The number of ether oxygens (including phenoxy) is 2. The van der Waals surface area contributed by atoms with E-state index in [-0.39, 0.29) is 18.1 Å². The molecule has 2 aromatic rings. The Morgan fingerprint density at radius 2 is 1.47 bits per heavy atom. The summed E-state index contributed by atoms with van der Waals surface area (Å²) in [6.45, 7) is 7.60. The SMILES string of the molecule is CCCCCCCCc1ccc(OC(C)CCOC(=O)C(CCC)[N+](C)(C)Cc2ccccc2)cc1. The first-order valence-corrected chi connectivity index (χ1v) is 14.1. The summed E-state index contributed by atoms with van der Waals surface area (Å²) in [6.07, 6.45) is 11.5. The fourth-order valence-corrected chi connectivity index (χ4v) is 4.75. The van der Waals surface area contributed by atoms with Gasteiger partial charge in [0.15, 0.2) is 6.04 Å². The van der Waals surface area contributed by atoms with Crippen molar-refractivity contribution in [2.24, 2.45) is 0 Å². The van der Waals surface area contributed by atoms with E-state index >= 15 is 0 Å². The summed E-state index contributed by atoms with van der Waals surface area (Å²) in [5.41, 5.74) is 2.61. The van der Waals surface area contributed by atoms with Crippen LogP contribution < -0.4 is 4.74 Å². The molecule has 0 fully saturated rings. The number of carbonyl (C=O) groups excluding carboxylic acids is 1. The molecule has 200 valence electrons. The van der Waals surface area contributed by atoms with E-state index in [4.69, 9.17) is 9.47 Å². The fourth-order valence-electron chi connectivity index (χ4n) is 4.75. The molecule has 2 atom stereocenters. The molecule has 0 aliphatic carbocycles. The Bertz CT molecular complexity index is 847. The number of likely N-dealkylation sites (N-methyl/N-ethyl adjacent to an activating group) is 1. The molecule has 0 saturated heterocycles. The van der Waals surface area contributed by atoms with Crippen molar-refractivity contribution in [3.05, 3.63) is 65.7 Å². The zero-order valence-corrected chi connectivity index (χ0v) is 23.5. The molecule has 4 heteroatoms. The van der Waals surface area contributed by atoms with Crippen molar-refractivity contribution in [1.82, 2.24) is 0 Å². The van der Waals surface area contributed by atoms with Gasteiger partial charge in [-0.1, -0.05) is 88.4 Å². The monoisotopic (exact) mass is 496 g/mol. The van der Waals surface area contributed by atoms with Gasteiger partial charge in [-0.2, -0.15) is 0 Å². The van der Waals surface area contributed by atoms with Gasteiger partial charge >= 0.3 is 5.97 Å². The van der Waals surface area contributed by atoms with Gasteiger partial charge in [-0.3, -0.25) is 0 Å². The Hall–Kier alpha value is -2.33. The molecule has 2 aromatic carbocycles. The maximum atomic E-state index is 13.0. The Balaban J connectivity index is 1.74. The minimum atomic E-state index is -0.175. The van der Waals surface area contributed by atoms with Gasteiger partial charge in [0, 0.05) is 18.4 Å². The summed E-state index contributed by atoms with van der Waals surface area (Å²) in [5, 5.41) is 0. The minimum absolute atomic E-state index is 0.0151. The molecule has 0 heterocycles. The minimum Gasteiger partial charge on any atom is -0.491 e. The third-order valence-electron chi connectivity index (χ3n) is 6.96. The first-order chi connectivity index (χ1) is 17.4. The van der Waals surface area contributed by atoms with Crippen LogP contribution >= 0.6 is 0 Å². The van der Waals surface area contributed by atoms with Crippen LogP contribution in [0.15, 0.2) is 54.6 Å². The summed E-state index contributed by atoms with van der Waals surface area (Å²) in [7, 11) is 4.24. The van der Waals surface area contributed by atoms with Gasteiger partial charge in [0.1, 0.15) is 12.3 Å². The number of quaternary nitrogens is 1. The molecule has 0 bridgehead atoms. The number of nitrogens with zero attached hydrogens (tertiary/aromatic N) is 1. The van der Waals surface area contributed by atoms with E-state index in [1.165, 1.54) is 49.7 Å². The fraction of sp³-hybridized carbons (Fsp3) is 0.594. The molecule has 2 rings (SSSR count). The molecule has 0 aliphatic rings. The van der Waals surface area contributed by atoms with E-state index in [0.717, 1.165) is 31.6 Å². The Morgan fingerprint density at radius 3 is 2.14 bits per heavy atom. The largest absolute Gasteiger partial charge is 0.491 e. The lowest BCUT2D eigenvalue weighted by Gasteiger charge is -2.36. The van der Waals surface area contributed by atoms with Crippen LogP contribution in [0.2, 0.25) is 0 Å². The highest BCUT2D eigenvalue weighted by atomic mass is 16.5. The molecule has 0 saturated carbocycles. The normalized spacial score (nSPS) is 13.2. The maximum Gasteiger partial charge on any atom is 0.364 e. The third kappa shape index (κ3) is 11.2. The number of carbonyl (C=O) groups is 1. The zero-order valence-electron chi connectivity index (χ0n) is 23.5. The molecule has 0 radical (unpaired) electrons. The molecule has 0 spiro atoms. The lowest BCUT2D eigenvalue weighted by Crippen LogP contribution is -2.52. The molecule has 0 aliphatic heterocycles. The van der Waals surface area contributed by atoms with Crippen molar-refractivity contribution >= 4 is 5.97 Å². The van der Waals surface area contributed by atoms with Crippen LogP contribution in [0.4, 0.5) is 0 Å². The van der Waals surface area contributed by atoms with Crippen LogP contribution in [0.1, 0.15) is 89.7 Å². The molecule has 2 unspecified atom stereocenters. The number of rotatable bonds is 18. The number of esters is 1.